The zero-order valence-corrected chi connectivity index (χ0v) is 13.8. The van der Waals surface area contributed by atoms with Crippen LogP contribution in [-0.2, 0) is 9.47 Å². The van der Waals surface area contributed by atoms with Gasteiger partial charge in [0.15, 0.2) is 12.1 Å². The molecule has 0 N–H and O–H groups in total. The second-order valence-corrected chi connectivity index (χ2v) is 6.33. The number of ether oxygens (including phenoxy) is 3. The SMILES string of the molecule is CSC(CCC1OCCCO1)=C1COc2ccc(F)cc2C1=O. The molecular formula is C17H19FO4S. The number of thioether (sulfide) groups is 1. The van der Waals surface area contributed by atoms with Crippen LogP contribution in [0.25, 0.3) is 0 Å². The van der Waals surface area contributed by atoms with Gasteiger partial charge >= 0.3 is 0 Å². The zero-order chi connectivity index (χ0) is 16.2. The molecule has 0 aromatic heterocycles. The minimum atomic E-state index is -0.434. The molecule has 0 atom stereocenters. The Labute approximate surface area is 139 Å². The third kappa shape index (κ3) is 3.76. The van der Waals surface area contributed by atoms with Crippen LogP contribution in [0.2, 0.25) is 0 Å². The van der Waals surface area contributed by atoms with Crippen molar-refractivity contribution in [1.82, 2.24) is 0 Å². The van der Waals surface area contributed by atoms with Crippen molar-refractivity contribution in [1.29, 1.82) is 0 Å². The van der Waals surface area contributed by atoms with Crippen molar-refractivity contribution in [2.24, 2.45) is 0 Å². The van der Waals surface area contributed by atoms with E-state index in [1.54, 1.807) is 0 Å². The first-order valence-corrected chi connectivity index (χ1v) is 8.88. The first-order chi connectivity index (χ1) is 11.2. The maximum absolute atomic E-state index is 13.4. The summed E-state index contributed by atoms with van der Waals surface area (Å²) in [5.41, 5.74) is 0.898. The van der Waals surface area contributed by atoms with Gasteiger partial charge in [0.1, 0.15) is 18.2 Å². The van der Waals surface area contributed by atoms with E-state index < -0.39 is 5.82 Å². The number of hydrogen-bond donors (Lipinski definition) is 0. The van der Waals surface area contributed by atoms with Crippen LogP contribution in [0.15, 0.2) is 28.7 Å². The molecule has 0 unspecified atom stereocenters. The molecule has 0 radical (unpaired) electrons. The summed E-state index contributed by atoms with van der Waals surface area (Å²) in [4.78, 5) is 13.6. The van der Waals surface area contributed by atoms with Gasteiger partial charge in [-0.3, -0.25) is 4.79 Å². The lowest BCUT2D eigenvalue weighted by atomic mass is 9.99. The average molecular weight is 338 g/mol. The molecule has 1 aromatic carbocycles. The van der Waals surface area contributed by atoms with Crippen LogP contribution in [0.1, 0.15) is 29.6 Å². The lowest BCUT2D eigenvalue weighted by Crippen LogP contribution is -2.25. The summed E-state index contributed by atoms with van der Waals surface area (Å²) in [5, 5.41) is 0. The maximum Gasteiger partial charge on any atom is 0.197 e. The summed E-state index contributed by atoms with van der Waals surface area (Å²) in [6, 6.07) is 4.04. The molecule has 2 aliphatic rings. The normalized spacial score (nSPS) is 20.9. The molecule has 2 heterocycles. The number of halogens is 1. The first-order valence-electron chi connectivity index (χ1n) is 7.65. The fourth-order valence-corrected chi connectivity index (χ4v) is 3.44. The van der Waals surface area contributed by atoms with Crippen LogP contribution in [0, 0.1) is 5.82 Å². The smallest absolute Gasteiger partial charge is 0.197 e. The largest absolute Gasteiger partial charge is 0.488 e. The Morgan fingerprint density at radius 3 is 2.87 bits per heavy atom. The lowest BCUT2D eigenvalue weighted by molar-refractivity contribution is -0.180. The van der Waals surface area contributed by atoms with E-state index in [9.17, 15) is 9.18 Å². The van der Waals surface area contributed by atoms with E-state index in [1.165, 1.54) is 30.0 Å². The van der Waals surface area contributed by atoms with Gasteiger partial charge < -0.3 is 14.2 Å². The Morgan fingerprint density at radius 2 is 2.13 bits per heavy atom. The fourth-order valence-electron chi connectivity index (χ4n) is 2.72. The highest BCUT2D eigenvalue weighted by atomic mass is 32.2. The number of rotatable bonds is 4. The number of benzene rings is 1. The second-order valence-electron chi connectivity index (χ2n) is 5.43. The van der Waals surface area contributed by atoms with Crippen molar-refractivity contribution in [3.05, 3.63) is 40.1 Å². The van der Waals surface area contributed by atoms with E-state index in [0.29, 0.717) is 42.9 Å². The molecule has 1 fully saturated rings. The Hall–Kier alpha value is -1.37. The highest BCUT2D eigenvalue weighted by Gasteiger charge is 2.27. The number of allylic oxidation sites excluding steroid dienone is 1. The summed E-state index contributed by atoms with van der Waals surface area (Å²) in [6.45, 7) is 1.65. The van der Waals surface area contributed by atoms with Crippen LogP contribution in [0.3, 0.4) is 0 Å². The molecule has 3 rings (SSSR count). The van der Waals surface area contributed by atoms with E-state index in [1.807, 2.05) is 6.26 Å². The monoisotopic (exact) mass is 338 g/mol. The minimum Gasteiger partial charge on any atom is -0.488 e. The number of hydrogen-bond acceptors (Lipinski definition) is 5. The number of carbonyl (C=O) groups excluding carboxylic acids is 1. The van der Waals surface area contributed by atoms with Crippen molar-refractivity contribution in [3.8, 4) is 5.75 Å². The zero-order valence-electron chi connectivity index (χ0n) is 13.0. The lowest BCUT2D eigenvalue weighted by Gasteiger charge is -2.25. The Bertz CT molecular complexity index is 623. The van der Waals surface area contributed by atoms with Crippen molar-refractivity contribution in [2.75, 3.05) is 26.1 Å². The highest BCUT2D eigenvalue weighted by molar-refractivity contribution is 8.02. The van der Waals surface area contributed by atoms with Crippen LogP contribution < -0.4 is 4.74 Å². The number of carbonyl (C=O) groups is 1. The predicted octanol–water partition coefficient (Wildman–Crippen LogP) is 3.56. The van der Waals surface area contributed by atoms with Gasteiger partial charge in [0.05, 0.1) is 18.8 Å². The average Bonchev–Trinajstić information content (AvgIpc) is 2.58. The quantitative estimate of drug-likeness (QED) is 0.786. The van der Waals surface area contributed by atoms with E-state index in [0.717, 1.165) is 11.3 Å². The van der Waals surface area contributed by atoms with E-state index in [2.05, 4.69) is 0 Å². The molecule has 2 aliphatic heterocycles. The molecule has 1 saturated heterocycles. The Balaban J connectivity index is 1.76. The molecular weight excluding hydrogens is 319 g/mol. The number of Topliss-reactive ketones (excluding diaryl/α,β-unsaturated/α-hetero) is 1. The van der Waals surface area contributed by atoms with E-state index in [4.69, 9.17) is 14.2 Å². The van der Waals surface area contributed by atoms with Gasteiger partial charge in [-0.1, -0.05) is 0 Å². The van der Waals surface area contributed by atoms with Gasteiger partial charge in [0, 0.05) is 12.0 Å². The van der Waals surface area contributed by atoms with Crippen LogP contribution >= 0.6 is 11.8 Å². The molecule has 0 amide bonds. The molecule has 0 aliphatic carbocycles. The third-order valence-corrected chi connectivity index (χ3v) is 4.86. The Kier molecular flexibility index (Phi) is 5.35. The van der Waals surface area contributed by atoms with Crippen molar-refractivity contribution < 1.29 is 23.4 Å². The van der Waals surface area contributed by atoms with Gasteiger partial charge in [-0.25, -0.2) is 4.39 Å². The topological polar surface area (TPSA) is 44.8 Å². The molecule has 0 saturated carbocycles. The number of ketones is 1. The third-order valence-electron chi connectivity index (χ3n) is 3.92. The summed E-state index contributed by atoms with van der Waals surface area (Å²) in [7, 11) is 0. The summed E-state index contributed by atoms with van der Waals surface area (Å²) >= 11 is 1.52. The molecule has 23 heavy (non-hydrogen) atoms. The highest BCUT2D eigenvalue weighted by Crippen LogP contribution is 2.33. The van der Waals surface area contributed by atoms with Gasteiger partial charge in [-0.15, -0.1) is 11.8 Å². The predicted molar refractivity (Wildman–Crippen MR) is 86.3 cm³/mol. The van der Waals surface area contributed by atoms with Gasteiger partial charge in [0.25, 0.3) is 0 Å². The summed E-state index contributed by atoms with van der Waals surface area (Å²) in [5.74, 6) is -0.142. The molecule has 1 aromatic rings. The van der Waals surface area contributed by atoms with E-state index >= 15 is 0 Å². The fraction of sp³-hybridized carbons (Fsp3) is 0.471. The van der Waals surface area contributed by atoms with Crippen molar-refractivity contribution in [3.63, 3.8) is 0 Å². The van der Waals surface area contributed by atoms with E-state index in [-0.39, 0.29) is 18.7 Å². The minimum absolute atomic E-state index is 0.152. The van der Waals surface area contributed by atoms with Gasteiger partial charge in [0.2, 0.25) is 0 Å². The molecule has 4 nitrogen and oxygen atoms in total. The Morgan fingerprint density at radius 1 is 1.35 bits per heavy atom. The van der Waals surface area contributed by atoms with Crippen molar-refractivity contribution in [2.45, 2.75) is 25.6 Å². The first kappa shape index (κ1) is 16.5. The van der Waals surface area contributed by atoms with Gasteiger partial charge in [-0.05, 0) is 42.2 Å². The molecule has 6 heteroatoms. The molecule has 124 valence electrons. The van der Waals surface area contributed by atoms with Crippen LogP contribution in [-0.4, -0.2) is 38.1 Å². The summed E-state index contributed by atoms with van der Waals surface area (Å²) < 4.78 is 30.1. The number of fused-ring (bicyclic) bond motifs is 1. The molecule has 0 bridgehead atoms. The van der Waals surface area contributed by atoms with Crippen LogP contribution in [0.5, 0.6) is 5.75 Å². The second kappa shape index (κ2) is 7.47. The maximum atomic E-state index is 13.4. The summed E-state index contributed by atoms with van der Waals surface area (Å²) in [6.07, 6.45) is 4.01. The molecule has 0 spiro atoms. The standard InChI is InChI=1S/C17H19FO4S/c1-23-15(5-6-16-20-7-2-8-21-16)13-10-22-14-4-3-11(18)9-12(14)17(13)19/h3-4,9,16H,2,5-8,10H2,1H3. The van der Waals surface area contributed by atoms with Crippen molar-refractivity contribution >= 4 is 17.5 Å². The van der Waals surface area contributed by atoms with Gasteiger partial charge in [-0.2, -0.15) is 0 Å². The van der Waals surface area contributed by atoms with Crippen LogP contribution in [0.4, 0.5) is 4.39 Å².